The molecule has 2 N–H and O–H groups in total. The lowest BCUT2D eigenvalue weighted by atomic mass is 10.1. The molecule has 0 aliphatic carbocycles. The molecule has 128 valence electrons. The number of aromatic nitrogens is 1. The van der Waals surface area contributed by atoms with E-state index in [1.165, 1.54) is 0 Å². The summed E-state index contributed by atoms with van der Waals surface area (Å²) in [5.41, 5.74) is 2.68. The molecular formula is C19H26N4O. The van der Waals surface area contributed by atoms with Crippen LogP contribution in [-0.2, 0) is 0 Å². The van der Waals surface area contributed by atoms with Crippen molar-refractivity contribution in [1.29, 1.82) is 0 Å². The minimum atomic E-state index is -0.0787. The highest BCUT2D eigenvalue weighted by atomic mass is 16.1. The molecule has 0 saturated heterocycles. The van der Waals surface area contributed by atoms with Crippen molar-refractivity contribution in [1.82, 2.24) is 10.3 Å². The van der Waals surface area contributed by atoms with Gasteiger partial charge in [-0.25, -0.2) is 4.98 Å². The Morgan fingerprint density at radius 1 is 1.12 bits per heavy atom. The molecular weight excluding hydrogens is 300 g/mol. The van der Waals surface area contributed by atoms with E-state index in [4.69, 9.17) is 0 Å². The fourth-order valence-corrected chi connectivity index (χ4v) is 2.17. The summed E-state index contributed by atoms with van der Waals surface area (Å²) in [6, 6.07) is 11.7. The Balaban J connectivity index is 1.92. The van der Waals surface area contributed by atoms with Gasteiger partial charge in [0.25, 0.3) is 5.91 Å². The number of benzene rings is 1. The number of nitrogens with zero attached hydrogens (tertiary/aromatic N) is 2. The van der Waals surface area contributed by atoms with Crippen LogP contribution in [0.4, 0.5) is 17.2 Å². The van der Waals surface area contributed by atoms with Gasteiger partial charge in [-0.1, -0.05) is 13.8 Å². The molecule has 1 amide bonds. The van der Waals surface area contributed by atoms with Crippen molar-refractivity contribution in [2.75, 3.05) is 30.9 Å². The first-order valence-electron chi connectivity index (χ1n) is 8.24. The van der Waals surface area contributed by atoms with Crippen molar-refractivity contribution >= 4 is 23.1 Å². The van der Waals surface area contributed by atoms with Crippen LogP contribution >= 0.6 is 0 Å². The number of anilines is 3. The molecule has 0 radical (unpaired) electrons. The summed E-state index contributed by atoms with van der Waals surface area (Å²) >= 11 is 0. The van der Waals surface area contributed by atoms with E-state index < -0.39 is 0 Å². The summed E-state index contributed by atoms with van der Waals surface area (Å²) in [4.78, 5) is 18.4. The summed E-state index contributed by atoms with van der Waals surface area (Å²) in [6.45, 7) is 4.97. The minimum Gasteiger partial charge on any atom is -0.378 e. The average molecular weight is 326 g/mol. The van der Waals surface area contributed by atoms with Crippen molar-refractivity contribution in [3.63, 3.8) is 0 Å². The SMILES string of the molecule is CC(C)CCNC(=O)c1ccc(Nc2ccc(N(C)C)cc2)nc1. The van der Waals surface area contributed by atoms with Crippen molar-refractivity contribution in [2.24, 2.45) is 5.92 Å². The Morgan fingerprint density at radius 2 is 1.83 bits per heavy atom. The first-order valence-corrected chi connectivity index (χ1v) is 8.24. The van der Waals surface area contributed by atoms with Crippen LogP contribution in [0.3, 0.4) is 0 Å². The van der Waals surface area contributed by atoms with Gasteiger partial charge in [0.2, 0.25) is 0 Å². The minimum absolute atomic E-state index is 0.0787. The van der Waals surface area contributed by atoms with Crippen LogP contribution in [0.15, 0.2) is 42.6 Å². The maximum absolute atomic E-state index is 12.0. The number of rotatable bonds is 7. The smallest absolute Gasteiger partial charge is 0.252 e. The number of hydrogen-bond acceptors (Lipinski definition) is 4. The number of carbonyl (C=O) groups is 1. The molecule has 0 unspecified atom stereocenters. The van der Waals surface area contributed by atoms with E-state index in [9.17, 15) is 4.79 Å². The van der Waals surface area contributed by atoms with Gasteiger partial charge in [-0.3, -0.25) is 4.79 Å². The van der Waals surface area contributed by atoms with E-state index in [2.05, 4.69) is 34.4 Å². The zero-order chi connectivity index (χ0) is 17.5. The van der Waals surface area contributed by atoms with Crippen LogP contribution in [-0.4, -0.2) is 31.5 Å². The lowest BCUT2D eigenvalue weighted by Gasteiger charge is -2.13. The second kappa shape index (κ2) is 8.34. The Morgan fingerprint density at radius 3 is 2.38 bits per heavy atom. The quantitative estimate of drug-likeness (QED) is 0.815. The molecule has 0 bridgehead atoms. The van der Waals surface area contributed by atoms with Gasteiger partial charge >= 0.3 is 0 Å². The molecule has 0 aliphatic heterocycles. The van der Waals surface area contributed by atoms with E-state index in [0.717, 1.165) is 17.8 Å². The molecule has 0 saturated carbocycles. The Kier molecular flexibility index (Phi) is 6.18. The number of nitrogens with one attached hydrogen (secondary N) is 2. The molecule has 5 nitrogen and oxygen atoms in total. The van der Waals surface area contributed by atoms with Crippen LogP contribution in [0.25, 0.3) is 0 Å². The Labute approximate surface area is 144 Å². The van der Waals surface area contributed by atoms with Crippen LogP contribution in [0, 0.1) is 5.92 Å². The summed E-state index contributed by atoms with van der Waals surface area (Å²) in [5, 5.41) is 6.15. The average Bonchev–Trinajstić information content (AvgIpc) is 2.55. The maximum atomic E-state index is 12.0. The van der Waals surface area contributed by atoms with Gasteiger partial charge in [0.05, 0.1) is 5.56 Å². The summed E-state index contributed by atoms with van der Waals surface area (Å²) in [5.74, 6) is 1.21. The number of amides is 1. The van der Waals surface area contributed by atoms with E-state index in [1.807, 2.05) is 44.4 Å². The monoisotopic (exact) mass is 326 g/mol. The Hall–Kier alpha value is -2.56. The maximum Gasteiger partial charge on any atom is 0.252 e. The van der Waals surface area contributed by atoms with E-state index in [0.29, 0.717) is 23.8 Å². The molecule has 0 fully saturated rings. The Bertz CT molecular complexity index is 648. The second-order valence-electron chi connectivity index (χ2n) is 6.44. The molecule has 0 aliphatic rings. The lowest BCUT2D eigenvalue weighted by Crippen LogP contribution is -2.25. The molecule has 1 aromatic carbocycles. The van der Waals surface area contributed by atoms with Gasteiger partial charge in [-0.15, -0.1) is 0 Å². The van der Waals surface area contributed by atoms with Gasteiger partial charge in [-0.05, 0) is 48.7 Å². The highest BCUT2D eigenvalue weighted by molar-refractivity contribution is 5.94. The van der Waals surface area contributed by atoms with Gasteiger partial charge in [0, 0.05) is 38.2 Å². The van der Waals surface area contributed by atoms with Gasteiger partial charge in [0.15, 0.2) is 0 Å². The fraction of sp³-hybridized carbons (Fsp3) is 0.368. The first kappa shape index (κ1) is 17.8. The molecule has 5 heteroatoms. The highest BCUT2D eigenvalue weighted by Crippen LogP contribution is 2.19. The number of pyridine rings is 1. The van der Waals surface area contributed by atoms with Gasteiger partial charge in [-0.2, -0.15) is 0 Å². The highest BCUT2D eigenvalue weighted by Gasteiger charge is 2.06. The van der Waals surface area contributed by atoms with Crippen LogP contribution in [0.5, 0.6) is 0 Å². The summed E-state index contributed by atoms with van der Waals surface area (Å²) in [6.07, 6.45) is 2.57. The molecule has 2 rings (SSSR count). The predicted molar refractivity (Wildman–Crippen MR) is 100 cm³/mol. The standard InChI is InChI=1S/C19H26N4O/c1-14(2)11-12-20-19(24)15-5-10-18(21-13-15)22-16-6-8-17(9-7-16)23(3)4/h5-10,13-14H,11-12H2,1-4H3,(H,20,24)(H,21,22). The number of hydrogen-bond donors (Lipinski definition) is 2. The zero-order valence-corrected chi connectivity index (χ0v) is 14.8. The summed E-state index contributed by atoms with van der Waals surface area (Å²) in [7, 11) is 4.02. The van der Waals surface area contributed by atoms with E-state index in [-0.39, 0.29) is 5.91 Å². The molecule has 24 heavy (non-hydrogen) atoms. The van der Waals surface area contributed by atoms with Crippen molar-refractivity contribution in [3.05, 3.63) is 48.2 Å². The van der Waals surface area contributed by atoms with Crippen molar-refractivity contribution in [2.45, 2.75) is 20.3 Å². The van der Waals surface area contributed by atoms with E-state index >= 15 is 0 Å². The molecule has 0 atom stereocenters. The van der Waals surface area contributed by atoms with Crippen molar-refractivity contribution in [3.8, 4) is 0 Å². The molecule has 1 heterocycles. The van der Waals surface area contributed by atoms with Gasteiger partial charge < -0.3 is 15.5 Å². The topological polar surface area (TPSA) is 57.3 Å². The van der Waals surface area contributed by atoms with E-state index in [1.54, 1.807) is 12.3 Å². The molecule has 1 aromatic heterocycles. The van der Waals surface area contributed by atoms with Crippen LogP contribution in [0.2, 0.25) is 0 Å². The lowest BCUT2D eigenvalue weighted by molar-refractivity contribution is 0.0951. The largest absolute Gasteiger partial charge is 0.378 e. The van der Waals surface area contributed by atoms with Crippen molar-refractivity contribution < 1.29 is 4.79 Å². The summed E-state index contributed by atoms with van der Waals surface area (Å²) < 4.78 is 0. The molecule has 0 spiro atoms. The van der Waals surface area contributed by atoms with Crippen LogP contribution < -0.4 is 15.5 Å². The molecule has 2 aromatic rings. The third-order valence-corrected chi connectivity index (χ3v) is 3.69. The van der Waals surface area contributed by atoms with Gasteiger partial charge in [0.1, 0.15) is 5.82 Å². The normalized spacial score (nSPS) is 10.5. The predicted octanol–water partition coefficient (Wildman–Crippen LogP) is 3.67. The first-order chi connectivity index (χ1) is 11.5. The fourth-order valence-electron chi connectivity index (χ4n) is 2.17. The third-order valence-electron chi connectivity index (χ3n) is 3.69. The third kappa shape index (κ3) is 5.26. The zero-order valence-electron chi connectivity index (χ0n) is 14.8. The second-order valence-corrected chi connectivity index (χ2v) is 6.44. The number of carbonyl (C=O) groups excluding carboxylic acids is 1. The van der Waals surface area contributed by atoms with Crippen LogP contribution in [0.1, 0.15) is 30.6 Å².